The molecule has 0 aromatic heterocycles. The minimum Gasteiger partial charge on any atom is -0.871 e. The Morgan fingerprint density at radius 3 is 1.20 bits per heavy atom. The summed E-state index contributed by atoms with van der Waals surface area (Å²) in [7, 11) is -7.31. The molecule has 0 aliphatic rings. The average Bonchev–Trinajstić information content (AvgIpc) is 1.19. The molecule has 10 heavy (non-hydrogen) atoms. The predicted molar refractivity (Wildman–Crippen MR) is 28.0 cm³/mol. The Balaban J connectivity index is -0.0000000910. The summed E-state index contributed by atoms with van der Waals surface area (Å²) in [5.41, 5.74) is 0. The van der Waals surface area contributed by atoms with Gasteiger partial charge >= 0.3 is 45.6 Å². The molecular formula is H4BCaO7P. The molecule has 0 atom stereocenters. The SMILES string of the molecule is O=P(O)(O)O.[Ca+2].[O-]B([O-])O. The van der Waals surface area contributed by atoms with Gasteiger partial charge in [0.25, 0.3) is 0 Å². The van der Waals surface area contributed by atoms with Gasteiger partial charge in [0.2, 0.25) is 0 Å². The summed E-state index contributed by atoms with van der Waals surface area (Å²) in [4.78, 5) is 21.6. The summed E-state index contributed by atoms with van der Waals surface area (Å²) in [5, 5.41) is 24.0. The molecule has 0 unspecified atom stereocenters. The molecule has 10 heteroatoms. The van der Waals surface area contributed by atoms with E-state index >= 15 is 0 Å². The first-order valence-corrected chi connectivity index (χ1v) is 3.08. The minimum atomic E-state index is -4.64. The second kappa shape index (κ2) is 8.41. The van der Waals surface area contributed by atoms with Crippen molar-refractivity contribution in [2.75, 3.05) is 0 Å². The van der Waals surface area contributed by atoms with Crippen LogP contribution in [0.1, 0.15) is 0 Å². The Morgan fingerprint density at radius 1 is 1.20 bits per heavy atom. The van der Waals surface area contributed by atoms with Crippen molar-refractivity contribution in [3.8, 4) is 0 Å². The molecule has 0 spiro atoms. The van der Waals surface area contributed by atoms with Crippen LogP contribution in [-0.2, 0) is 4.57 Å². The van der Waals surface area contributed by atoms with Gasteiger partial charge in [0, 0.05) is 0 Å². The summed E-state index contributed by atoms with van der Waals surface area (Å²) in [6.07, 6.45) is 0. The third-order valence-electron chi connectivity index (χ3n) is 0. The Hall–Kier alpha value is 1.31. The molecule has 0 aromatic rings. The molecule has 0 rings (SSSR count). The zero-order chi connectivity index (χ0) is 8.08. The van der Waals surface area contributed by atoms with Crippen LogP contribution in [0, 0.1) is 0 Å². The third-order valence-corrected chi connectivity index (χ3v) is 0. The van der Waals surface area contributed by atoms with E-state index in [0.29, 0.717) is 0 Å². The normalized spacial score (nSPS) is 8.60. The first-order valence-electron chi connectivity index (χ1n) is 1.51. The third kappa shape index (κ3) is 373. The van der Waals surface area contributed by atoms with Crippen LogP contribution in [0.2, 0.25) is 0 Å². The summed E-state index contributed by atoms with van der Waals surface area (Å²) in [6, 6.07) is 0. The number of hydrogen-bond donors (Lipinski definition) is 4. The van der Waals surface area contributed by atoms with Crippen LogP contribution in [0.3, 0.4) is 0 Å². The quantitative estimate of drug-likeness (QED) is 0.226. The zero-order valence-corrected chi connectivity index (χ0v) is 7.85. The van der Waals surface area contributed by atoms with Crippen molar-refractivity contribution < 1.29 is 34.3 Å². The van der Waals surface area contributed by atoms with Crippen LogP contribution in [0.15, 0.2) is 0 Å². The van der Waals surface area contributed by atoms with Gasteiger partial charge in [-0.3, -0.25) is 0 Å². The van der Waals surface area contributed by atoms with E-state index in [2.05, 4.69) is 0 Å². The molecule has 4 N–H and O–H groups in total. The fourth-order valence-electron chi connectivity index (χ4n) is 0. The van der Waals surface area contributed by atoms with Crippen LogP contribution < -0.4 is 10.0 Å². The second-order valence-corrected chi connectivity index (χ2v) is 1.85. The fourth-order valence-corrected chi connectivity index (χ4v) is 0. The Bertz CT molecular complexity index is 84.8. The number of rotatable bonds is 0. The molecule has 0 saturated carbocycles. The molecule has 0 bridgehead atoms. The van der Waals surface area contributed by atoms with Crippen molar-refractivity contribution in [2.45, 2.75) is 0 Å². The Morgan fingerprint density at radius 2 is 1.20 bits per heavy atom. The molecule has 0 aromatic carbocycles. The van der Waals surface area contributed by atoms with E-state index in [9.17, 15) is 0 Å². The van der Waals surface area contributed by atoms with Gasteiger partial charge in [0.1, 0.15) is 0 Å². The molecule has 0 aliphatic heterocycles. The minimum absolute atomic E-state index is 0. The van der Waals surface area contributed by atoms with Gasteiger partial charge < -0.3 is 29.8 Å². The molecule has 0 fully saturated rings. The first-order chi connectivity index (χ1) is 3.73. The van der Waals surface area contributed by atoms with Gasteiger partial charge in [-0.2, -0.15) is 0 Å². The van der Waals surface area contributed by atoms with E-state index in [-0.39, 0.29) is 37.7 Å². The van der Waals surface area contributed by atoms with Crippen LogP contribution in [-0.4, -0.2) is 64.8 Å². The van der Waals surface area contributed by atoms with Crippen molar-refractivity contribution in [3.63, 3.8) is 0 Å². The Kier molecular flexibility index (Phi) is 14.6. The molecule has 0 heterocycles. The van der Waals surface area contributed by atoms with E-state index in [1.807, 2.05) is 0 Å². The summed E-state index contributed by atoms with van der Waals surface area (Å²) < 4.78 is 8.88. The molecule has 0 saturated heterocycles. The molecule has 0 amide bonds. The topological polar surface area (TPSA) is 144 Å². The van der Waals surface area contributed by atoms with Crippen LogP contribution in [0.5, 0.6) is 0 Å². The van der Waals surface area contributed by atoms with Crippen molar-refractivity contribution in [2.24, 2.45) is 0 Å². The molecule has 0 radical (unpaired) electrons. The van der Waals surface area contributed by atoms with Gasteiger partial charge in [0.15, 0.2) is 0 Å². The van der Waals surface area contributed by atoms with E-state index in [4.69, 9.17) is 34.3 Å². The zero-order valence-electron chi connectivity index (χ0n) is 4.75. The second-order valence-electron chi connectivity index (χ2n) is 0.820. The van der Waals surface area contributed by atoms with Crippen molar-refractivity contribution in [1.29, 1.82) is 0 Å². The monoisotopic (exact) mass is 198 g/mol. The van der Waals surface area contributed by atoms with Gasteiger partial charge in [0.05, 0.1) is 7.32 Å². The van der Waals surface area contributed by atoms with E-state index in [1.54, 1.807) is 0 Å². The standard InChI is InChI=1S/BHO3.Ca.H3O4P/c2-1(3)4;;1-5(2,3)4/h2H;;(H3,1,2,3,4)/q-2;+2;. The van der Waals surface area contributed by atoms with Gasteiger partial charge in [-0.25, -0.2) is 4.57 Å². The molecular weight excluding hydrogens is 194 g/mol. The molecule has 56 valence electrons. The number of hydrogen-bond acceptors (Lipinski definition) is 4. The van der Waals surface area contributed by atoms with Gasteiger partial charge in [-0.1, -0.05) is 0 Å². The molecule has 7 nitrogen and oxygen atoms in total. The van der Waals surface area contributed by atoms with Crippen LogP contribution >= 0.6 is 7.82 Å². The Labute approximate surface area is 86.7 Å². The van der Waals surface area contributed by atoms with Crippen LogP contribution in [0.4, 0.5) is 0 Å². The van der Waals surface area contributed by atoms with Gasteiger partial charge in [-0.15, -0.1) is 0 Å². The van der Waals surface area contributed by atoms with Crippen LogP contribution in [0.25, 0.3) is 0 Å². The van der Waals surface area contributed by atoms with E-state index < -0.39 is 15.1 Å². The first kappa shape index (κ1) is 17.4. The summed E-state index contributed by atoms with van der Waals surface area (Å²) in [6.45, 7) is 0. The summed E-state index contributed by atoms with van der Waals surface area (Å²) in [5.74, 6) is 0. The summed E-state index contributed by atoms with van der Waals surface area (Å²) >= 11 is 0. The van der Waals surface area contributed by atoms with E-state index in [0.717, 1.165) is 0 Å². The maximum atomic E-state index is 8.88. The largest absolute Gasteiger partial charge is 2.00 e. The van der Waals surface area contributed by atoms with Crippen molar-refractivity contribution >= 4 is 52.9 Å². The average molecular weight is 198 g/mol. The van der Waals surface area contributed by atoms with Crippen molar-refractivity contribution in [1.82, 2.24) is 0 Å². The maximum Gasteiger partial charge on any atom is 2.00 e. The van der Waals surface area contributed by atoms with E-state index in [1.165, 1.54) is 0 Å². The maximum absolute atomic E-state index is 8.88. The smallest absolute Gasteiger partial charge is 0.871 e. The van der Waals surface area contributed by atoms with Crippen molar-refractivity contribution in [3.05, 3.63) is 0 Å². The fraction of sp³-hybridized carbons (Fsp3) is 0. The number of phosphoric acid groups is 1. The predicted octanol–water partition coefficient (Wildman–Crippen LogP) is -4.63. The molecule has 0 aliphatic carbocycles. The van der Waals surface area contributed by atoms with Gasteiger partial charge in [-0.05, 0) is 0 Å².